The van der Waals surface area contributed by atoms with Crippen molar-refractivity contribution >= 4 is 5.91 Å². The molecule has 1 aliphatic rings. The predicted molar refractivity (Wildman–Crippen MR) is 70.1 cm³/mol. The molecule has 1 aromatic rings. The SMILES string of the molecule is CCC1CCNC(C(=O)NCCc2ncc[nH]2)C1. The highest BCUT2D eigenvalue weighted by Crippen LogP contribution is 2.19. The number of piperidine rings is 1. The Hall–Kier alpha value is -1.36. The van der Waals surface area contributed by atoms with Crippen molar-refractivity contribution in [3.05, 3.63) is 18.2 Å². The Bertz CT molecular complexity index is 363. The Morgan fingerprint density at radius 3 is 3.22 bits per heavy atom. The summed E-state index contributed by atoms with van der Waals surface area (Å²) in [5.41, 5.74) is 0. The summed E-state index contributed by atoms with van der Waals surface area (Å²) in [7, 11) is 0. The fraction of sp³-hybridized carbons (Fsp3) is 0.692. The summed E-state index contributed by atoms with van der Waals surface area (Å²) in [4.78, 5) is 19.1. The molecule has 1 saturated heterocycles. The Kier molecular flexibility index (Phi) is 4.75. The lowest BCUT2D eigenvalue weighted by Gasteiger charge is -2.28. The van der Waals surface area contributed by atoms with E-state index in [1.807, 2.05) is 0 Å². The zero-order chi connectivity index (χ0) is 12.8. The van der Waals surface area contributed by atoms with Gasteiger partial charge in [-0.25, -0.2) is 4.98 Å². The zero-order valence-corrected chi connectivity index (χ0v) is 10.9. The number of nitrogens with zero attached hydrogens (tertiary/aromatic N) is 1. The number of carbonyl (C=O) groups excluding carboxylic acids is 1. The lowest BCUT2D eigenvalue weighted by Crippen LogP contribution is -2.49. The van der Waals surface area contributed by atoms with Gasteiger partial charge in [0.2, 0.25) is 5.91 Å². The van der Waals surface area contributed by atoms with E-state index >= 15 is 0 Å². The summed E-state index contributed by atoms with van der Waals surface area (Å²) in [5.74, 6) is 1.73. The maximum absolute atomic E-state index is 12.0. The molecular formula is C13H22N4O. The molecule has 1 aromatic heterocycles. The molecule has 1 fully saturated rings. The summed E-state index contributed by atoms with van der Waals surface area (Å²) in [5, 5.41) is 6.27. The first-order valence-electron chi connectivity index (χ1n) is 6.79. The van der Waals surface area contributed by atoms with E-state index in [9.17, 15) is 4.79 Å². The summed E-state index contributed by atoms with van der Waals surface area (Å²) in [6.45, 7) is 3.79. The van der Waals surface area contributed by atoms with Gasteiger partial charge in [0, 0.05) is 25.4 Å². The van der Waals surface area contributed by atoms with Gasteiger partial charge in [-0.2, -0.15) is 0 Å². The van der Waals surface area contributed by atoms with Crippen molar-refractivity contribution in [3.63, 3.8) is 0 Å². The number of nitrogens with one attached hydrogen (secondary N) is 3. The minimum Gasteiger partial charge on any atom is -0.354 e. The zero-order valence-electron chi connectivity index (χ0n) is 10.9. The quantitative estimate of drug-likeness (QED) is 0.725. The number of carbonyl (C=O) groups is 1. The maximum Gasteiger partial charge on any atom is 0.237 e. The van der Waals surface area contributed by atoms with E-state index in [-0.39, 0.29) is 11.9 Å². The van der Waals surface area contributed by atoms with Crippen LogP contribution in [0, 0.1) is 5.92 Å². The second-order valence-corrected chi connectivity index (χ2v) is 4.88. The largest absolute Gasteiger partial charge is 0.354 e. The molecule has 2 atom stereocenters. The van der Waals surface area contributed by atoms with E-state index in [1.165, 1.54) is 6.42 Å². The lowest BCUT2D eigenvalue weighted by molar-refractivity contribution is -0.124. The third kappa shape index (κ3) is 3.57. The molecular weight excluding hydrogens is 228 g/mol. The highest BCUT2D eigenvalue weighted by molar-refractivity contribution is 5.81. The fourth-order valence-corrected chi connectivity index (χ4v) is 2.43. The van der Waals surface area contributed by atoms with E-state index < -0.39 is 0 Å². The number of imidazole rings is 1. The van der Waals surface area contributed by atoms with Crippen LogP contribution < -0.4 is 10.6 Å². The van der Waals surface area contributed by atoms with E-state index in [0.717, 1.165) is 31.6 Å². The monoisotopic (exact) mass is 250 g/mol. The van der Waals surface area contributed by atoms with Crippen LogP contribution in [0.1, 0.15) is 32.0 Å². The summed E-state index contributed by atoms with van der Waals surface area (Å²) in [6.07, 6.45) is 7.59. The fourth-order valence-electron chi connectivity index (χ4n) is 2.43. The third-order valence-electron chi connectivity index (χ3n) is 3.62. The summed E-state index contributed by atoms with van der Waals surface area (Å²) in [6, 6.07) is -0.0136. The van der Waals surface area contributed by atoms with Crippen LogP contribution in [0.4, 0.5) is 0 Å². The normalized spacial score (nSPS) is 23.8. The minimum absolute atomic E-state index is 0.0136. The van der Waals surface area contributed by atoms with Gasteiger partial charge in [-0.3, -0.25) is 4.79 Å². The van der Waals surface area contributed by atoms with Gasteiger partial charge in [-0.1, -0.05) is 13.3 Å². The first-order chi connectivity index (χ1) is 8.79. The van der Waals surface area contributed by atoms with Crippen LogP contribution in [0.5, 0.6) is 0 Å². The number of hydrogen-bond donors (Lipinski definition) is 3. The van der Waals surface area contributed by atoms with Crippen LogP contribution in [-0.4, -0.2) is 35.0 Å². The number of hydrogen-bond acceptors (Lipinski definition) is 3. The molecule has 2 rings (SSSR count). The number of aromatic nitrogens is 2. The van der Waals surface area contributed by atoms with E-state index in [4.69, 9.17) is 0 Å². The van der Waals surface area contributed by atoms with Crippen LogP contribution in [0.2, 0.25) is 0 Å². The molecule has 0 spiro atoms. The average molecular weight is 250 g/mol. The molecule has 5 nitrogen and oxygen atoms in total. The van der Waals surface area contributed by atoms with E-state index in [1.54, 1.807) is 12.4 Å². The molecule has 100 valence electrons. The molecule has 0 radical (unpaired) electrons. The highest BCUT2D eigenvalue weighted by Gasteiger charge is 2.25. The summed E-state index contributed by atoms with van der Waals surface area (Å²) < 4.78 is 0. The second-order valence-electron chi connectivity index (χ2n) is 4.88. The highest BCUT2D eigenvalue weighted by atomic mass is 16.2. The van der Waals surface area contributed by atoms with Crippen molar-refractivity contribution in [1.29, 1.82) is 0 Å². The van der Waals surface area contributed by atoms with Crippen molar-refractivity contribution in [2.24, 2.45) is 5.92 Å². The first-order valence-corrected chi connectivity index (χ1v) is 6.79. The molecule has 2 heterocycles. The van der Waals surface area contributed by atoms with Gasteiger partial charge in [0.25, 0.3) is 0 Å². The minimum atomic E-state index is -0.0136. The molecule has 5 heteroatoms. The lowest BCUT2D eigenvalue weighted by atomic mass is 9.90. The Balaban J connectivity index is 1.70. The molecule has 0 saturated carbocycles. The van der Waals surface area contributed by atoms with E-state index in [2.05, 4.69) is 27.5 Å². The van der Waals surface area contributed by atoms with Gasteiger partial charge >= 0.3 is 0 Å². The first kappa shape index (κ1) is 13.1. The summed E-state index contributed by atoms with van der Waals surface area (Å²) >= 11 is 0. The number of aromatic amines is 1. The average Bonchev–Trinajstić information content (AvgIpc) is 2.92. The number of H-pyrrole nitrogens is 1. The van der Waals surface area contributed by atoms with Crippen LogP contribution >= 0.6 is 0 Å². The van der Waals surface area contributed by atoms with Crippen LogP contribution in [0.3, 0.4) is 0 Å². The standard InChI is InChI=1S/C13H22N4O/c1-2-10-3-5-14-11(9-10)13(18)17-6-4-12-15-7-8-16-12/h7-8,10-11,14H,2-6,9H2,1H3,(H,15,16)(H,17,18). The molecule has 0 aromatic carbocycles. The molecule has 0 bridgehead atoms. The van der Waals surface area contributed by atoms with Crippen molar-refractivity contribution < 1.29 is 4.79 Å². The Morgan fingerprint density at radius 1 is 1.61 bits per heavy atom. The molecule has 18 heavy (non-hydrogen) atoms. The van der Waals surface area contributed by atoms with Crippen LogP contribution in [0.15, 0.2) is 12.4 Å². The third-order valence-corrected chi connectivity index (χ3v) is 3.62. The molecule has 1 aliphatic heterocycles. The molecule has 3 N–H and O–H groups in total. The number of rotatable bonds is 5. The molecule has 1 amide bonds. The van der Waals surface area contributed by atoms with Gasteiger partial charge in [0.1, 0.15) is 5.82 Å². The van der Waals surface area contributed by atoms with Crippen LogP contribution in [-0.2, 0) is 11.2 Å². The van der Waals surface area contributed by atoms with Crippen molar-refractivity contribution in [2.75, 3.05) is 13.1 Å². The van der Waals surface area contributed by atoms with Gasteiger partial charge in [-0.05, 0) is 25.3 Å². The Morgan fingerprint density at radius 2 is 2.50 bits per heavy atom. The maximum atomic E-state index is 12.0. The topological polar surface area (TPSA) is 69.8 Å². The van der Waals surface area contributed by atoms with Crippen molar-refractivity contribution in [2.45, 2.75) is 38.6 Å². The second kappa shape index (κ2) is 6.54. The van der Waals surface area contributed by atoms with Gasteiger partial charge in [0.05, 0.1) is 6.04 Å². The van der Waals surface area contributed by atoms with Crippen LogP contribution in [0.25, 0.3) is 0 Å². The number of amides is 1. The predicted octanol–water partition coefficient (Wildman–Crippen LogP) is 0.847. The van der Waals surface area contributed by atoms with E-state index in [0.29, 0.717) is 12.5 Å². The van der Waals surface area contributed by atoms with Crippen molar-refractivity contribution in [1.82, 2.24) is 20.6 Å². The van der Waals surface area contributed by atoms with Crippen molar-refractivity contribution in [3.8, 4) is 0 Å². The van der Waals surface area contributed by atoms with Gasteiger partial charge in [-0.15, -0.1) is 0 Å². The molecule has 2 unspecified atom stereocenters. The smallest absolute Gasteiger partial charge is 0.237 e. The Labute approximate surface area is 108 Å². The van der Waals surface area contributed by atoms with Gasteiger partial charge < -0.3 is 15.6 Å². The molecule has 0 aliphatic carbocycles. The van der Waals surface area contributed by atoms with Gasteiger partial charge in [0.15, 0.2) is 0 Å².